The Morgan fingerprint density at radius 2 is 1.95 bits per heavy atom. The van der Waals surface area contributed by atoms with Crippen molar-refractivity contribution >= 4 is 15.9 Å². The number of nitrogens with one attached hydrogen (secondary N) is 1. The molecule has 0 bridgehead atoms. The van der Waals surface area contributed by atoms with E-state index in [1.54, 1.807) is 0 Å². The SMILES string of the molecule is Cc1ccc(CS(=O)(=O)N2CCCNC(=O)C2)cc1. The molecule has 1 N–H and O–H groups in total. The van der Waals surface area contributed by atoms with Gasteiger partial charge >= 0.3 is 0 Å². The number of nitrogens with zero attached hydrogens (tertiary/aromatic N) is 1. The van der Waals surface area contributed by atoms with Crippen LogP contribution in [-0.2, 0) is 20.6 Å². The lowest BCUT2D eigenvalue weighted by atomic mass is 10.2. The molecule has 0 saturated carbocycles. The van der Waals surface area contributed by atoms with Crippen molar-refractivity contribution in [2.45, 2.75) is 19.1 Å². The van der Waals surface area contributed by atoms with Gasteiger partial charge in [0, 0.05) is 13.1 Å². The van der Waals surface area contributed by atoms with Gasteiger partial charge in [0.1, 0.15) is 0 Å². The number of carbonyl (C=O) groups excluding carboxylic acids is 1. The van der Waals surface area contributed by atoms with Gasteiger partial charge in [-0.3, -0.25) is 4.79 Å². The van der Waals surface area contributed by atoms with Crippen LogP contribution in [0.5, 0.6) is 0 Å². The van der Waals surface area contributed by atoms with Crippen molar-refractivity contribution in [3.63, 3.8) is 0 Å². The molecule has 104 valence electrons. The van der Waals surface area contributed by atoms with Gasteiger partial charge in [0.2, 0.25) is 15.9 Å². The molecular formula is C13H18N2O3S. The summed E-state index contributed by atoms with van der Waals surface area (Å²) in [7, 11) is -3.43. The van der Waals surface area contributed by atoms with E-state index in [2.05, 4.69) is 5.32 Å². The van der Waals surface area contributed by atoms with Crippen molar-refractivity contribution in [1.82, 2.24) is 9.62 Å². The van der Waals surface area contributed by atoms with Crippen molar-refractivity contribution in [2.24, 2.45) is 0 Å². The highest BCUT2D eigenvalue weighted by atomic mass is 32.2. The zero-order chi connectivity index (χ0) is 13.9. The number of rotatable bonds is 3. The first-order valence-corrected chi connectivity index (χ1v) is 7.88. The van der Waals surface area contributed by atoms with Gasteiger partial charge < -0.3 is 5.32 Å². The Hall–Kier alpha value is -1.40. The highest BCUT2D eigenvalue weighted by molar-refractivity contribution is 7.88. The van der Waals surface area contributed by atoms with Crippen LogP contribution in [0.1, 0.15) is 17.5 Å². The molecule has 5 nitrogen and oxygen atoms in total. The normalized spacial score (nSPS) is 17.8. The summed E-state index contributed by atoms with van der Waals surface area (Å²) in [5.74, 6) is -0.286. The second-order valence-electron chi connectivity index (χ2n) is 4.78. The lowest BCUT2D eigenvalue weighted by molar-refractivity contribution is -0.120. The van der Waals surface area contributed by atoms with Crippen molar-refractivity contribution in [2.75, 3.05) is 19.6 Å². The maximum atomic E-state index is 12.3. The molecule has 2 rings (SSSR count). The number of sulfonamides is 1. The van der Waals surface area contributed by atoms with Crippen LogP contribution in [0.3, 0.4) is 0 Å². The molecule has 0 unspecified atom stereocenters. The predicted octanol–water partition coefficient (Wildman–Crippen LogP) is 0.647. The van der Waals surface area contributed by atoms with Crippen LogP contribution in [0.4, 0.5) is 0 Å². The summed E-state index contributed by atoms with van der Waals surface area (Å²) < 4.78 is 25.8. The van der Waals surface area contributed by atoms with E-state index in [9.17, 15) is 13.2 Å². The van der Waals surface area contributed by atoms with E-state index >= 15 is 0 Å². The van der Waals surface area contributed by atoms with E-state index in [1.807, 2.05) is 31.2 Å². The van der Waals surface area contributed by atoms with Gasteiger partial charge in [0.05, 0.1) is 12.3 Å². The Kier molecular flexibility index (Phi) is 4.21. The molecule has 1 heterocycles. The number of hydrogen-bond donors (Lipinski definition) is 1. The molecule has 1 amide bonds. The quantitative estimate of drug-likeness (QED) is 0.885. The molecule has 1 saturated heterocycles. The van der Waals surface area contributed by atoms with Crippen molar-refractivity contribution in [1.29, 1.82) is 0 Å². The monoisotopic (exact) mass is 282 g/mol. The molecule has 0 radical (unpaired) electrons. The summed E-state index contributed by atoms with van der Waals surface area (Å²) in [6, 6.07) is 7.40. The number of carbonyl (C=O) groups is 1. The highest BCUT2D eigenvalue weighted by Crippen LogP contribution is 2.13. The van der Waals surface area contributed by atoms with Crippen LogP contribution in [-0.4, -0.2) is 38.3 Å². The Morgan fingerprint density at radius 3 is 2.63 bits per heavy atom. The molecular weight excluding hydrogens is 264 g/mol. The topological polar surface area (TPSA) is 66.5 Å². The van der Waals surface area contributed by atoms with Crippen LogP contribution >= 0.6 is 0 Å². The minimum atomic E-state index is -3.43. The van der Waals surface area contributed by atoms with Crippen LogP contribution in [0.25, 0.3) is 0 Å². The summed E-state index contributed by atoms with van der Waals surface area (Å²) in [4.78, 5) is 11.4. The molecule has 0 aliphatic carbocycles. The minimum absolute atomic E-state index is 0.0550. The van der Waals surface area contributed by atoms with Gasteiger partial charge in [-0.25, -0.2) is 8.42 Å². The van der Waals surface area contributed by atoms with E-state index in [4.69, 9.17) is 0 Å². The molecule has 1 aromatic rings. The second-order valence-corrected chi connectivity index (χ2v) is 6.75. The van der Waals surface area contributed by atoms with E-state index < -0.39 is 10.0 Å². The molecule has 1 fully saturated rings. The Morgan fingerprint density at radius 1 is 1.26 bits per heavy atom. The maximum absolute atomic E-state index is 12.3. The van der Waals surface area contributed by atoms with E-state index in [-0.39, 0.29) is 18.2 Å². The number of amides is 1. The second kappa shape index (κ2) is 5.71. The van der Waals surface area contributed by atoms with Crippen LogP contribution in [0.15, 0.2) is 24.3 Å². The van der Waals surface area contributed by atoms with Crippen LogP contribution < -0.4 is 5.32 Å². The van der Waals surface area contributed by atoms with Crippen molar-refractivity contribution in [3.05, 3.63) is 35.4 Å². The lowest BCUT2D eigenvalue weighted by Crippen LogP contribution is -2.38. The molecule has 1 aliphatic heterocycles. The van der Waals surface area contributed by atoms with Gasteiger partial charge in [-0.15, -0.1) is 0 Å². The van der Waals surface area contributed by atoms with Gasteiger partial charge in [0.25, 0.3) is 0 Å². The van der Waals surface area contributed by atoms with E-state index in [0.717, 1.165) is 11.1 Å². The molecule has 6 heteroatoms. The summed E-state index contributed by atoms with van der Waals surface area (Å²) >= 11 is 0. The fraction of sp³-hybridized carbons (Fsp3) is 0.462. The molecule has 0 aromatic heterocycles. The first kappa shape index (κ1) is 14.0. The fourth-order valence-electron chi connectivity index (χ4n) is 2.00. The van der Waals surface area contributed by atoms with Gasteiger partial charge in [-0.1, -0.05) is 29.8 Å². The van der Waals surface area contributed by atoms with E-state index in [1.165, 1.54) is 4.31 Å². The molecule has 1 aliphatic rings. The number of aryl methyl sites for hydroxylation is 1. The maximum Gasteiger partial charge on any atom is 0.235 e. The number of hydrogen-bond acceptors (Lipinski definition) is 3. The zero-order valence-corrected chi connectivity index (χ0v) is 11.7. The summed E-state index contributed by atoms with van der Waals surface area (Å²) in [5.41, 5.74) is 1.84. The smallest absolute Gasteiger partial charge is 0.235 e. The van der Waals surface area contributed by atoms with Crippen molar-refractivity contribution < 1.29 is 13.2 Å². The highest BCUT2D eigenvalue weighted by Gasteiger charge is 2.26. The first-order valence-electron chi connectivity index (χ1n) is 6.27. The van der Waals surface area contributed by atoms with Gasteiger partial charge in [-0.2, -0.15) is 4.31 Å². The predicted molar refractivity (Wildman–Crippen MR) is 73.0 cm³/mol. The Bertz CT molecular complexity index is 552. The third-order valence-electron chi connectivity index (χ3n) is 3.09. The Labute approximate surface area is 113 Å². The average Bonchev–Trinajstić information content (AvgIpc) is 2.57. The van der Waals surface area contributed by atoms with Gasteiger partial charge in [0.15, 0.2) is 0 Å². The third kappa shape index (κ3) is 3.78. The largest absolute Gasteiger partial charge is 0.355 e. The number of benzene rings is 1. The Balaban J connectivity index is 2.12. The lowest BCUT2D eigenvalue weighted by Gasteiger charge is -2.18. The zero-order valence-electron chi connectivity index (χ0n) is 10.9. The fourth-order valence-corrected chi connectivity index (χ4v) is 3.52. The standard InChI is InChI=1S/C13H18N2O3S/c1-11-3-5-12(6-4-11)10-19(17,18)15-8-2-7-14-13(16)9-15/h3-6H,2,7-10H2,1H3,(H,14,16). The van der Waals surface area contributed by atoms with Crippen molar-refractivity contribution in [3.8, 4) is 0 Å². The van der Waals surface area contributed by atoms with Crippen LogP contribution in [0.2, 0.25) is 0 Å². The minimum Gasteiger partial charge on any atom is -0.355 e. The molecule has 0 spiro atoms. The summed E-state index contributed by atoms with van der Waals surface area (Å²) in [6.07, 6.45) is 0.652. The summed E-state index contributed by atoms with van der Waals surface area (Å²) in [5, 5.41) is 2.67. The molecule has 0 atom stereocenters. The molecule has 19 heavy (non-hydrogen) atoms. The summed E-state index contributed by atoms with van der Waals surface area (Å²) in [6.45, 7) is 2.81. The third-order valence-corrected chi connectivity index (χ3v) is 4.89. The molecule has 1 aromatic carbocycles. The average molecular weight is 282 g/mol. The van der Waals surface area contributed by atoms with Gasteiger partial charge in [-0.05, 0) is 18.9 Å². The van der Waals surface area contributed by atoms with Crippen LogP contribution in [0, 0.1) is 6.92 Å². The van der Waals surface area contributed by atoms with E-state index in [0.29, 0.717) is 19.5 Å². The first-order chi connectivity index (χ1) is 8.97.